The fourth-order valence-corrected chi connectivity index (χ4v) is 2.22. The number of hydrogen-bond acceptors (Lipinski definition) is 4. The second kappa shape index (κ2) is 5.45. The topological polar surface area (TPSA) is 67.6 Å². The lowest BCUT2D eigenvalue weighted by molar-refractivity contribution is 0.506. The number of halogens is 2. The molecule has 0 aliphatic rings. The van der Waals surface area contributed by atoms with Crippen molar-refractivity contribution < 1.29 is 8.78 Å². The summed E-state index contributed by atoms with van der Waals surface area (Å²) < 4.78 is 25.8. The van der Waals surface area contributed by atoms with Gasteiger partial charge in [0.2, 0.25) is 5.16 Å². The number of nitrogens with one attached hydrogen (secondary N) is 1. The van der Waals surface area contributed by atoms with E-state index in [1.165, 1.54) is 17.8 Å². The minimum atomic E-state index is -0.887. The molecule has 1 aromatic carbocycles. The summed E-state index contributed by atoms with van der Waals surface area (Å²) in [6, 6.07) is 3.27. The monoisotopic (exact) mass is 270 g/mol. The highest BCUT2D eigenvalue weighted by Crippen LogP contribution is 2.21. The highest BCUT2D eigenvalue weighted by Gasteiger charge is 2.11. The summed E-state index contributed by atoms with van der Waals surface area (Å²) in [5, 5.41) is 7.26. The Labute approximate surface area is 107 Å². The van der Waals surface area contributed by atoms with E-state index in [-0.39, 0.29) is 0 Å². The number of thioether (sulfide) groups is 1. The van der Waals surface area contributed by atoms with Gasteiger partial charge in [0.25, 0.3) is 0 Å². The first-order chi connectivity index (χ1) is 8.56. The number of aromatic amines is 1. The van der Waals surface area contributed by atoms with Crippen LogP contribution in [0.1, 0.15) is 17.4 Å². The van der Waals surface area contributed by atoms with Crippen molar-refractivity contribution in [3.63, 3.8) is 0 Å². The lowest BCUT2D eigenvalue weighted by Gasteiger charge is -2.10. The van der Waals surface area contributed by atoms with Gasteiger partial charge in [-0.25, -0.2) is 13.8 Å². The predicted octanol–water partition coefficient (Wildman–Crippen LogP) is 2.18. The molecule has 0 amide bonds. The van der Waals surface area contributed by atoms with Crippen molar-refractivity contribution in [1.29, 1.82) is 0 Å². The maximum atomic E-state index is 13.0. The highest BCUT2D eigenvalue weighted by atomic mass is 32.2. The molecule has 0 saturated carbocycles. The minimum Gasteiger partial charge on any atom is -0.323 e. The molecule has 1 heterocycles. The number of nitrogens with zero attached hydrogens (tertiary/aromatic N) is 2. The molecule has 0 saturated heterocycles. The molecule has 0 fully saturated rings. The van der Waals surface area contributed by atoms with Gasteiger partial charge in [-0.2, -0.15) is 0 Å². The molecule has 0 aliphatic carbocycles. The fourth-order valence-electron chi connectivity index (χ4n) is 1.39. The van der Waals surface area contributed by atoms with Crippen molar-refractivity contribution in [3.05, 3.63) is 41.2 Å². The Kier molecular flexibility index (Phi) is 3.93. The van der Waals surface area contributed by atoms with Crippen molar-refractivity contribution in [3.8, 4) is 0 Å². The van der Waals surface area contributed by atoms with Gasteiger partial charge in [-0.3, -0.25) is 5.10 Å². The zero-order valence-electron chi connectivity index (χ0n) is 9.65. The van der Waals surface area contributed by atoms with Crippen molar-refractivity contribution in [2.45, 2.75) is 18.1 Å². The molecular weight excluding hydrogens is 258 g/mol. The van der Waals surface area contributed by atoms with E-state index in [1.54, 1.807) is 6.92 Å². The molecule has 4 nitrogen and oxygen atoms in total. The summed E-state index contributed by atoms with van der Waals surface area (Å²) in [5.41, 5.74) is 6.44. The van der Waals surface area contributed by atoms with Gasteiger partial charge in [-0.15, -0.1) is 5.10 Å². The van der Waals surface area contributed by atoms with Gasteiger partial charge in [0, 0.05) is 11.8 Å². The standard InChI is InChI=1S/C11H12F2N4S/c1-6-15-11(17-16-6)18-5-10(14)7-2-3-8(12)9(13)4-7/h2-4,10H,5,14H2,1H3,(H,15,16,17). The van der Waals surface area contributed by atoms with Crippen LogP contribution in [0.15, 0.2) is 23.4 Å². The molecule has 0 radical (unpaired) electrons. The quantitative estimate of drug-likeness (QED) is 0.836. The van der Waals surface area contributed by atoms with Crippen molar-refractivity contribution >= 4 is 11.8 Å². The molecule has 18 heavy (non-hydrogen) atoms. The summed E-state index contributed by atoms with van der Waals surface area (Å²) in [6.07, 6.45) is 0. The molecule has 0 spiro atoms. The smallest absolute Gasteiger partial charge is 0.208 e. The van der Waals surface area contributed by atoms with E-state index in [9.17, 15) is 8.78 Å². The van der Waals surface area contributed by atoms with Crippen LogP contribution in [-0.4, -0.2) is 20.9 Å². The lowest BCUT2D eigenvalue weighted by Crippen LogP contribution is -2.13. The Hall–Kier alpha value is -1.47. The molecular formula is C11H12F2N4S. The molecule has 0 bridgehead atoms. The Balaban J connectivity index is 1.99. The van der Waals surface area contributed by atoms with E-state index in [0.717, 1.165) is 18.0 Å². The van der Waals surface area contributed by atoms with Crippen LogP contribution in [0.2, 0.25) is 0 Å². The summed E-state index contributed by atoms with van der Waals surface area (Å²) in [6.45, 7) is 1.80. The first kappa shape index (κ1) is 13.0. The average molecular weight is 270 g/mol. The van der Waals surface area contributed by atoms with Crippen molar-refractivity contribution in [1.82, 2.24) is 15.2 Å². The third-order valence-electron chi connectivity index (χ3n) is 2.34. The van der Waals surface area contributed by atoms with Gasteiger partial charge < -0.3 is 5.73 Å². The summed E-state index contributed by atoms with van der Waals surface area (Å²) in [5.74, 6) is -0.550. The van der Waals surface area contributed by atoms with Crippen LogP contribution in [0.3, 0.4) is 0 Å². The molecule has 0 aliphatic heterocycles. The van der Waals surface area contributed by atoms with E-state index in [2.05, 4.69) is 15.2 Å². The maximum absolute atomic E-state index is 13.0. The largest absolute Gasteiger partial charge is 0.323 e. The van der Waals surface area contributed by atoms with Gasteiger partial charge in [-0.05, 0) is 24.6 Å². The van der Waals surface area contributed by atoms with Crippen molar-refractivity contribution in [2.24, 2.45) is 5.73 Å². The molecule has 7 heteroatoms. The van der Waals surface area contributed by atoms with E-state index in [0.29, 0.717) is 16.5 Å². The van der Waals surface area contributed by atoms with Gasteiger partial charge in [0.05, 0.1) is 0 Å². The predicted molar refractivity (Wildman–Crippen MR) is 65.1 cm³/mol. The van der Waals surface area contributed by atoms with Gasteiger partial charge >= 0.3 is 0 Å². The second-order valence-electron chi connectivity index (χ2n) is 3.79. The highest BCUT2D eigenvalue weighted by molar-refractivity contribution is 7.99. The van der Waals surface area contributed by atoms with E-state index >= 15 is 0 Å². The molecule has 1 unspecified atom stereocenters. The van der Waals surface area contributed by atoms with E-state index < -0.39 is 17.7 Å². The molecule has 1 aromatic heterocycles. The van der Waals surface area contributed by atoms with Crippen LogP contribution in [0.5, 0.6) is 0 Å². The normalized spacial score (nSPS) is 12.7. The second-order valence-corrected chi connectivity index (χ2v) is 4.78. The molecule has 2 rings (SSSR count). The third kappa shape index (κ3) is 3.05. The average Bonchev–Trinajstić information content (AvgIpc) is 2.75. The van der Waals surface area contributed by atoms with Crippen LogP contribution in [0, 0.1) is 18.6 Å². The van der Waals surface area contributed by atoms with Gasteiger partial charge in [0.15, 0.2) is 11.6 Å². The molecule has 1 atom stereocenters. The Morgan fingerprint density at radius 3 is 2.78 bits per heavy atom. The Morgan fingerprint density at radius 2 is 2.17 bits per heavy atom. The van der Waals surface area contributed by atoms with Crippen LogP contribution in [0.4, 0.5) is 8.78 Å². The van der Waals surface area contributed by atoms with Crippen LogP contribution in [-0.2, 0) is 0 Å². The van der Waals surface area contributed by atoms with Crippen LogP contribution < -0.4 is 5.73 Å². The number of aryl methyl sites for hydroxylation is 1. The zero-order chi connectivity index (χ0) is 13.1. The number of benzene rings is 1. The molecule has 3 N–H and O–H groups in total. The van der Waals surface area contributed by atoms with Crippen LogP contribution >= 0.6 is 11.8 Å². The summed E-state index contributed by atoms with van der Waals surface area (Å²) in [4.78, 5) is 4.11. The molecule has 2 aromatic rings. The first-order valence-corrected chi connectivity index (χ1v) is 6.27. The minimum absolute atomic E-state index is 0.399. The summed E-state index contributed by atoms with van der Waals surface area (Å²) >= 11 is 1.36. The fraction of sp³-hybridized carbons (Fsp3) is 0.273. The number of rotatable bonds is 4. The maximum Gasteiger partial charge on any atom is 0.208 e. The number of hydrogen-bond donors (Lipinski definition) is 2. The first-order valence-electron chi connectivity index (χ1n) is 5.28. The Morgan fingerprint density at radius 1 is 1.39 bits per heavy atom. The summed E-state index contributed by atoms with van der Waals surface area (Å²) in [7, 11) is 0. The zero-order valence-corrected chi connectivity index (χ0v) is 10.5. The lowest BCUT2D eigenvalue weighted by atomic mass is 10.1. The third-order valence-corrected chi connectivity index (χ3v) is 3.31. The Bertz CT molecular complexity index is 544. The van der Waals surface area contributed by atoms with Crippen LogP contribution in [0.25, 0.3) is 0 Å². The SMILES string of the molecule is Cc1nc(SCC(N)c2ccc(F)c(F)c2)n[nH]1. The molecule has 96 valence electrons. The number of H-pyrrole nitrogens is 1. The van der Waals surface area contributed by atoms with Crippen molar-refractivity contribution in [2.75, 3.05) is 5.75 Å². The number of aromatic nitrogens is 3. The van der Waals surface area contributed by atoms with Gasteiger partial charge in [0.1, 0.15) is 5.82 Å². The van der Waals surface area contributed by atoms with E-state index in [4.69, 9.17) is 5.73 Å². The van der Waals surface area contributed by atoms with Gasteiger partial charge in [-0.1, -0.05) is 17.8 Å². The van der Waals surface area contributed by atoms with E-state index in [1.807, 2.05) is 0 Å². The number of nitrogens with two attached hydrogens (primary N) is 1.